The molecule has 2 N–H and O–H groups in total. The number of para-hydroxylation sites is 1. The molecule has 0 heterocycles. The Balaban J connectivity index is 2.58. The van der Waals surface area contributed by atoms with Gasteiger partial charge in [0.1, 0.15) is 5.69 Å². The molecule has 17 heavy (non-hydrogen) atoms. The van der Waals surface area contributed by atoms with Gasteiger partial charge in [0.25, 0.3) is 0 Å². The summed E-state index contributed by atoms with van der Waals surface area (Å²) in [6, 6.07) is 4.03. The molecule has 0 radical (unpaired) electrons. The van der Waals surface area contributed by atoms with Gasteiger partial charge in [0, 0.05) is 13.1 Å². The van der Waals surface area contributed by atoms with Crippen molar-refractivity contribution in [3.05, 3.63) is 34.1 Å². The molecule has 1 aromatic rings. The fraction of sp³-hybridized carbons (Fsp3) is 0.455. The lowest BCUT2D eigenvalue weighted by molar-refractivity contribution is -0.386. The number of halogens is 1. The van der Waals surface area contributed by atoms with Crippen LogP contribution in [0.2, 0.25) is 0 Å². The first kappa shape index (κ1) is 13.4. The number of anilines is 1. The molecule has 0 aliphatic rings. The average molecular weight is 241 g/mol. The summed E-state index contributed by atoms with van der Waals surface area (Å²) >= 11 is 0. The Labute approximate surface area is 99.2 Å². The number of nitro groups is 1. The van der Waals surface area contributed by atoms with Crippen LogP contribution >= 0.6 is 0 Å². The van der Waals surface area contributed by atoms with Crippen LogP contribution in [0.1, 0.15) is 13.3 Å². The third kappa shape index (κ3) is 3.99. The first-order chi connectivity index (χ1) is 8.16. The molecule has 6 heteroatoms. The number of benzene rings is 1. The highest BCUT2D eigenvalue weighted by molar-refractivity contribution is 5.61. The van der Waals surface area contributed by atoms with Crippen molar-refractivity contribution in [1.82, 2.24) is 5.32 Å². The topological polar surface area (TPSA) is 67.2 Å². The van der Waals surface area contributed by atoms with Gasteiger partial charge in [0.2, 0.25) is 5.82 Å². The molecule has 0 fully saturated rings. The Morgan fingerprint density at radius 1 is 1.35 bits per heavy atom. The molecule has 1 aromatic carbocycles. The van der Waals surface area contributed by atoms with Crippen molar-refractivity contribution in [2.45, 2.75) is 13.3 Å². The van der Waals surface area contributed by atoms with Crippen LogP contribution in [0, 0.1) is 15.9 Å². The first-order valence-corrected chi connectivity index (χ1v) is 5.54. The molecular formula is C11H16FN3O2. The second-order valence-electron chi connectivity index (χ2n) is 3.57. The maximum atomic E-state index is 13.2. The lowest BCUT2D eigenvalue weighted by Gasteiger charge is -2.07. The second-order valence-corrected chi connectivity index (χ2v) is 3.57. The van der Waals surface area contributed by atoms with Gasteiger partial charge in [-0.25, -0.2) is 0 Å². The van der Waals surface area contributed by atoms with E-state index in [1.54, 1.807) is 0 Å². The Bertz CT molecular complexity index is 385. The summed E-state index contributed by atoms with van der Waals surface area (Å²) in [5.41, 5.74) is -0.281. The number of nitro benzene ring substituents is 1. The first-order valence-electron chi connectivity index (χ1n) is 5.54. The number of hydrogen-bond acceptors (Lipinski definition) is 4. The maximum absolute atomic E-state index is 13.2. The van der Waals surface area contributed by atoms with Crippen molar-refractivity contribution in [2.24, 2.45) is 0 Å². The van der Waals surface area contributed by atoms with E-state index in [4.69, 9.17) is 0 Å². The second kappa shape index (κ2) is 6.80. The highest BCUT2D eigenvalue weighted by atomic mass is 19.1. The van der Waals surface area contributed by atoms with Gasteiger partial charge < -0.3 is 10.6 Å². The highest BCUT2D eigenvalue weighted by Gasteiger charge is 2.18. The van der Waals surface area contributed by atoms with Crippen LogP contribution in [0.15, 0.2) is 18.2 Å². The van der Waals surface area contributed by atoms with E-state index in [0.717, 1.165) is 19.0 Å². The Morgan fingerprint density at radius 2 is 2.12 bits per heavy atom. The van der Waals surface area contributed by atoms with E-state index < -0.39 is 16.4 Å². The molecular weight excluding hydrogens is 225 g/mol. The van der Waals surface area contributed by atoms with E-state index in [9.17, 15) is 14.5 Å². The van der Waals surface area contributed by atoms with Gasteiger partial charge in [-0.2, -0.15) is 4.39 Å². The van der Waals surface area contributed by atoms with Crippen molar-refractivity contribution in [1.29, 1.82) is 0 Å². The Kier molecular flexibility index (Phi) is 5.35. The fourth-order valence-electron chi connectivity index (χ4n) is 1.43. The number of nitrogens with one attached hydrogen (secondary N) is 2. The summed E-state index contributed by atoms with van der Waals surface area (Å²) < 4.78 is 13.2. The van der Waals surface area contributed by atoms with Gasteiger partial charge in [-0.15, -0.1) is 0 Å². The van der Waals surface area contributed by atoms with E-state index in [2.05, 4.69) is 17.6 Å². The predicted molar refractivity (Wildman–Crippen MR) is 64.7 cm³/mol. The van der Waals surface area contributed by atoms with Crippen LogP contribution < -0.4 is 10.6 Å². The predicted octanol–water partition coefficient (Wildman–Crippen LogP) is 2.15. The van der Waals surface area contributed by atoms with E-state index in [0.29, 0.717) is 13.1 Å². The van der Waals surface area contributed by atoms with E-state index in [1.807, 2.05) is 0 Å². The van der Waals surface area contributed by atoms with Crippen molar-refractivity contribution in [3.8, 4) is 0 Å². The van der Waals surface area contributed by atoms with E-state index in [1.165, 1.54) is 12.1 Å². The summed E-state index contributed by atoms with van der Waals surface area (Å²) in [5, 5.41) is 16.7. The molecule has 0 unspecified atom stereocenters. The molecule has 5 nitrogen and oxygen atoms in total. The number of rotatable bonds is 7. The van der Waals surface area contributed by atoms with Crippen molar-refractivity contribution < 1.29 is 9.31 Å². The third-order valence-electron chi connectivity index (χ3n) is 2.21. The van der Waals surface area contributed by atoms with Crippen LogP contribution in [-0.2, 0) is 0 Å². The van der Waals surface area contributed by atoms with Crippen molar-refractivity contribution in [2.75, 3.05) is 25.0 Å². The monoisotopic (exact) mass is 241 g/mol. The molecule has 94 valence electrons. The van der Waals surface area contributed by atoms with Crippen LogP contribution in [0.4, 0.5) is 15.8 Å². The number of nitrogens with zero attached hydrogens (tertiary/aromatic N) is 1. The minimum atomic E-state index is -0.818. The minimum Gasteiger partial charge on any atom is -0.378 e. The standard InChI is InChI=1S/C11H16FN3O2/c1-2-6-13-7-8-14-10-5-3-4-9(12)11(10)15(16)17/h3-5,13-14H,2,6-8H2,1H3. The average Bonchev–Trinajstić information content (AvgIpc) is 2.28. The molecule has 1 rings (SSSR count). The zero-order chi connectivity index (χ0) is 12.7. The van der Waals surface area contributed by atoms with Crippen molar-refractivity contribution in [3.63, 3.8) is 0 Å². The summed E-state index contributed by atoms with van der Waals surface area (Å²) in [6.07, 6.45) is 1.03. The minimum absolute atomic E-state index is 0.216. The summed E-state index contributed by atoms with van der Waals surface area (Å²) in [7, 11) is 0. The fourth-order valence-corrected chi connectivity index (χ4v) is 1.43. The largest absolute Gasteiger partial charge is 0.378 e. The Hall–Kier alpha value is -1.69. The lowest BCUT2D eigenvalue weighted by atomic mass is 10.2. The maximum Gasteiger partial charge on any atom is 0.327 e. The van der Waals surface area contributed by atoms with Gasteiger partial charge in [0.05, 0.1) is 4.92 Å². The summed E-state index contributed by atoms with van der Waals surface area (Å²) in [6.45, 7) is 4.15. The lowest BCUT2D eigenvalue weighted by Crippen LogP contribution is -2.23. The van der Waals surface area contributed by atoms with Gasteiger partial charge in [0.15, 0.2) is 0 Å². The van der Waals surface area contributed by atoms with Crippen LogP contribution in [0.3, 0.4) is 0 Å². The molecule has 0 aromatic heterocycles. The SMILES string of the molecule is CCCNCCNc1cccc(F)c1[N+](=O)[O-]. The highest BCUT2D eigenvalue weighted by Crippen LogP contribution is 2.26. The number of hydrogen-bond donors (Lipinski definition) is 2. The summed E-state index contributed by atoms with van der Waals surface area (Å²) in [4.78, 5) is 9.98. The van der Waals surface area contributed by atoms with Crippen molar-refractivity contribution >= 4 is 11.4 Å². The third-order valence-corrected chi connectivity index (χ3v) is 2.21. The van der Waals surface area contributed by atoms with Gasteiger partial charge in [-0.05, 0) is 25.1 Å². The van der Waals surface area contributed by atoms with E-state index in [-0.39, 0.29) is 5.69 Å². The molecule has 0 aliphatic heterocycles. The molecule has 0 amide bonds. The molecule has 0 spiro atoms. The van der Waals surface area contributed by atoms with Gasteiger partial charge in [-0.3, -0.25) is 10.1 Å². The molecule has 0 aliphatic carbocycles. The molecule has 0 saturated carbocycles. The van der Waals surface area contributed by atoms with Crippen LogP contribution in [0.5, 0.6) is 0 Å². The van der Waals surface area contributed by atoms with Gasteiger partial charge in [-0.1, -0.05) is 13.0 Å². The van der Waals surface area contributed by atoms with Crippen LogP contribution in [-0.4, -0.2) is 24.6 Å². The summed E-state index contributed by atoms with van der Waals surface area (Å²) in [5.74, 6) is -0.818. The smallest absolute Gasteiger partial charge is 0.327 e. The zero-order valence-corrected chi connectivity index (χ0v) is 9.70. The quantitative estimate of drug-likeness (QED) is 0.436. The zero-order valence-electron chi connectivity index (χ0n) is 9.70. The normalized spacial score (nSPS) is 10.2. The Morgan fingerprint density at radius 3 is 2.76 bits per heavy atom. The molecule has 0 saturated heterocycles. The van der Waals surface area contributed by atoms with Gasteiger partial charge >= 0.3 is 5.69 Å². The van der Waals surface area contributed by atoms with Crippen LogP contribution in [0.25, 0.3) is 0 Å². The molecule has 0 bridgehead atoms. The molecule has 0 atom stereocenters. The van der Waals surface area contributed by atoms with E-state index >= 15 is 0 Å².